The van der Waals surface area contributed by atoms with Crippen LogP contribution in [0.2, 0.25) is 0 Å². The Kier molecular flexibility index (Phi) is 16.7. The Bertz CT molecular complexity index is 2650. The van der Waals surface area contributed by atoms with Crippen LogP contribution in [0.15, 0.2) is 114 Å². The van der Waals surface area contributed by atoms with Crippen LogP contribution in [0.4, 0.5) is 0 Å². The lowest BCUT2D eigenvalue weighted by atomic mass is 9.80. The third-order valence-electron chi connectivity index (χ3n) is 15.9. The fourth-order valence-electron chi connectivity index (χ4n) is 11.4. The molecule has 4 fully saturated rings. The van der Waals surface area contributed by atoms with Crippen LogP contribution in [-0.2, 0) is 31.3 Å². The second kappa shape index (κ2) is 23.7. The average Bonchev–Trinajstić information content (AvgIpc) is 3.42. The Morgan fingerprint density at radius 3 is 1.90 bits per heavy atom. The smallest absolute Gasteiger partial charge is 0.347 e. The summed E-state index contributed by atoms with van der Waals surface area (Å²) in [5.74, 6) is 0.943. The van der Waals surface area contributed by atoms with Crippen LogP contribution in [0.5, 0.6) is 11.5 Å². The Hall–Kier alpha value is -6.06. The van der Waals surface area contributed by atoms with E-state index in [4.69, 9.17) is 9.47 Å². The molecule has 0 spiro atoms. The predicted octanol–water partition coefficient (Wildman–Crippen LogP) is 6.91. The number of nitrogens with zero attached hydrogens (tertiary/aromatic N) is 3. The summed E-state index contributed by atoms with van der Waals surface area (Å²) in [6, 6.07) is 32.7. The third-order valence-corrected chi connectivity index (χ3v) is 15.9. The van der Waals surface area contributed by atoms with Crippen molar-refractivity contribution >= 4 is 28.7 Å². The summed E-state index contributed by atoms with van der Waals surface area (Å²) in [4.78, 5) is 62.2. The fourth-order valence-corrected chi connectivity index (χ4v) is 11.4. The third kappa shape index (κ3) is 12.2. The molecule has 2 atom stereocenters. The van der Waals surface area contributed by atoms with E-state index in [0.717, 1.165) is 83.8 Å². The molecule has 1 aromatic heterocycles. The Labute approximate surface area is 422 Å². The van der Waals surface area contributed by atoms with Crippen molar-refractivity contribution in [3.63, 3.8) is 0 Å². The van der Waals surface area contributed by atoms with Crippen molar-refractivity contribution in [3.8, 4) is 11.5 Å². The molecule has 2 amide bonds. The summed E-state index contributed by atoms with van der Waals surface area (Å²) in [7, 11) is 0. The van der Waals surface area contributed by atoms with Gasteiger partial charge in [-0.05, 0) is 143 Å². The quantitative estimate of drug-likeness (QED) is 0.0611. The highest BCUT2D eigenvalue weighted by Gasteiger charge is 2.43. The number of nitrogens with one attached hydrogen (secondary N) is 2. The summed E-state index contributed by atoms with van der Waals surface area (Å²) >= 11 is 0. The molecular weight excluding hydrogens is 911 g/mol. The number of benzene rings is 4. The molecule has 1 aliphatic carbocycles. The number of hydrogen-bond donors (Lipinski definition) is 5. The normalized spacial score (nSPS) is 21.0. The lowest BCUT2D eigenvalue weighted by Gasteiger charge is -2.38. The number of hydrogen-bond acceptors (Lipinski definition) is 11. The summed E-state index contributed by atoms with van der Waals surface area (Å²) in [5.41, 5.74) is 0.711. The van der Waals surface area contributed by atoms with Gasteiger partial charge in [-0.1, -0.05) is 78.9 Å². The van der Waals surface area contributed by atoms with Gasteiger partial charge in [0.05, 0.1) is 24.8 Å². The monoisotopic (exact) mass is 982 g/mol. The number of rotatable bonds is 17. The van der Waals surface area contributed by atoms with Crippen LogP contribution in [-0.4, -0.2) is 118 Å². The minimum Gasteiger partial charge on any atom is -0.506 e. The van der Waals surface area contributed by atoms with Gasteiger partial charge in [0.2, 0.25) is 23.0 Å². The van der Waals surface area contributed by atoms with Gasteiger partial charge < -0.3 is 44.9 Å². The number of amides is 2. The van der Waals surface area contributed by atoms with Gasteiger partial charge in [0.15, 0.2) is 0 Å². The number of esters is 1. The zero-order valence-electron chi connectivity index (χ0n) is 41.3. The molecule has 0 unspecified atom stereocenters. The van der Waals surface area contributed by atoms with E-state index in [1.165, 1.54) is 17.7 Å². The number of piperidine rings is 3. The molecule has 0 bridgehead atoms. The lowest BCUT2D eigenvalue weighted by molar-refractivity contribution is -0.164. The molecule has 4 heterocycles. The number of pyridine rings is 1. The number of fused-ring (bicyclic) bond motifs is 1. The number of carbonyl (C=O) groups is 3. The van der Waals surface area contributed by atoms with Crippen LogP contribution >= 0.6 is 0 Å². The molecule has 382 valence electrons. The van der Waals surface area contributed by atoms with Crippen molar-refractivity contribution < 1.29 is 39.2 Å². The molecule has 72 heavy (non-hydrogen) atoms. The molecule has 4 aliphatic rings. The van der Waals surface area contributed by atoms with E-state index in [1.807, 2.05) is 28.0 Å². The molecular formula is C58H71N5O9. The minimum absolute atomic E-state index is 0.0403. The second-order valence-corrected chi connectivity index (χ2v) is 20.8. The zero-order chi connectivity index (χ0) is 50.0. The second-order valence-electron chi connectivity index (χ2n) is 20.8. The number of H-pyrrole nitrogens is 1. The maximum absolute atomic E-state index is 14.0. The van der Waals surface area contributed by atoms with Crippen molar-refractivity contribution in [2.45, 2.75) is 82.5 Å². The van der Waals surface area contributed by atoms with E-state index in [0.29, 0.717) is 85.1 Å². The number of aromatic amines is 1. The molecule has 9 rings (SSSR count). The largest absolute Gasteiger partial charge is 0.506 e. The first kappa shape index (κ1) is 50.9. The number of phenols is 1. The van der Waals surface area contributed by atoms with Crippen molar-refractivity contribution in [2.75, 3.05) is 65.6 Å². The van der Waals surface area contributed by atoms with Crippen LogP contribution in [0.1, 0.15) is 92.6 Å². The topological polar surface area (TPSA) is 185 Å². The number of aromatic hydroxyl groups is 1. The predicted molar refractivity (Wildman–Crippen MR) is 275 cm³/mol. The number of aliphatic hydroxyl groups excluding tert-OH is 1. The maximum atomic E-state index is 14.0. The Balaban J connectivity index is 0.681. The van der Waals surface area contributed by atoms with Gasteiger partial charge in [-0.3, -0.25) is 19.3 Å². The molecule has 14 nitrogen and oxygen atoms in total. The first-order chi connectivity index (χ1) is 35.0. The van der Waals surface area contributed by atoms with Crippen LogP contribution in [0.3, 0.4) is 0 Å². The molecule has 14 heteroatoms. The highest BCUT2D eigenvalue weighted by atomic mass is 16.5. The van der Waals surface area contributed by atoms with E-state index in [1.54, 1.807) is 54.6 Å². The maximum Gasteiger partial charge on any atom is 0.347 e. The summed E-state index contributed by atoms with van der Waals surface area (Å²) in [5, 5.41) is 37.4. The van der Waals surface area contributed by atoms with E-state index in [2.05, 4.69) is 39.5 Å². The number of phenolic OH excluding ortho intramolecular Hbond substituents is 1. The molecule has 3 saturated heterocycles. The van der Waals surface area contributed by atoms with E-state index < -0.39 is 17.7 Å². The zero-order valence-corrected chi connectivity index (χ0v) is 41.3. The molecule has 5 aromatic rings. The van der Waals surface area contributed by atoms with Crippen molar-refractivity contribution in [2.24, 2.45) is 29.6 Å². The molecule has 3 aliphatic heterocycles. The number of aliphatic hydroxyl groups is 2. The SMILES string of the molecule is O=C(C1CCC(C(=O)N2CCC(COc3cccc([C@](O)(C(=O)OCC4CCN(Cc5ccccc5)CC4)c4ccccc4)c3)CC2)CC1)N1CCC(CNC[C@H](O)c2ccc(O)c3[nH]c(=O)ccc23)CC1. The van der Waals surface area contributed by atoms with E-state index >= 15 is 0 Å². The fraction of sp³-hybridized carbons (Fsp3) is 0.483. The van der Waals surface area contributed by atoms with Gasteiger partial charge in [-0.2, -0.15) is 0 Å². The van der Waals surface area contributed by atoms with Gasteiger partial charge in [0, 0.05) is 68.1 Å². The van der Waals surface area contributed by atoms with Crippen LogP contribution in [0.25, 0.3) is 10.9 Å². The van der Waals surface area contributed by atoms with E-state index in [9.17, 15) is 34.5 Å². The highest BCUT2D eigenvalue weighted by Crippen LogP contribution is 2.36. The lowest BCUT2D eigenvalue weighted by Crippen LogP contribution is -2.46. The molecule has 0 radical (unpaired) electrons. The average molecular weight is 982 g/mol. The number of aromatic nitrogens is 1. The van der Waals surface area contributed by atoms with Gasteiger partial charge in [0.1, 0.15) is 11.5 Å². The minimum atomic E-state index is -2.02. The molecule has 1 saturated carbocycles. The highest BCUT2D eigenvalue weighted by molar-refractivity contribution is 5.88. The number of ether oxygens (including phenoxy) is 2. The Morgan fingerprint density at radius 1 is 0.667 bits per heavy atom. The molecule has 5 N–H and O–H groups in total. The molecule has 4 aromatic carbocycles. The standard InChI is InChI=1S/C58H71N5O9/c64-51-20-18-49(50-19-21-53(66)60-54(50)51)52(65)36-59-35-40-24-30-62(31-25-40)55(67)44-14-16-45(17-15-44)56(68)63-32-26-43(27-33-63)38-71-48-13-7-12-47(34-48)58(70,46-10-5-2-6-11-46)57(69)72-39-42-22-28-61(29-23-42)37-41-8-3-1-4-9-41/h1-13,18-21,34,40,42-45,52,59,64-65,70H,14-17,22-33,35-39H2,(H,60,66)/t44?,45?,52-,58-/m0/s1. The van der Waals surface area contributed by atoms with Crippen molar-refractivity contribution in [3.05, 3.63) is 142 Å². The van der Waals surface area contributed by atoms with Gasteiger partial charge in [-0.25, -0.2) is 4.79 Å². The summed E-state index contributed by atoms with van der Waals surface area (Å²) < 4.78 is 12.3. The van der Waals surface area contributed by atoms with Crippen molar-refractivity contribution in [1.29, 1.82) is 0 Å². The van der Waals surface area contributed by atoms with Crippen molar-refractivity contribution in [1.82, 2.24) is 25.0 Å². The van der Waals surface area contributed by atoms with Gasteiger partial charge >= 0.3 is 5.97 Å². The first-order valence-electron chi connectivity index (χ1n) is 26.3. The summed E-state index contributed by atoms with van der Waals surface area (Å²) in [6.45, 7) is 7.23. The van der Waals surface area contributed by atoms with E-state index in [-0.39, 0.29) is 53.4 Å². The number of carbonyl (C=O) groups excluding carboxylic acids is 3. The number of likely N-dealkylation sites (tertiary alicyclic amines) is 3. The first-order valence-corrected chi connectivity index (χ1v) is 26.3. The summed E-state index contributed by atoms with van der Waals surface area (Å²) in [6.07, 6.45) is 7.30. The Morgan fingerprint density at radius 2 is 1.25 bits per heavy atom. The van der Waals surface area contributed by atoms with Crippen LogP contribution < -0.4 is 15.6 Å². The van der Waals surface area contributed by atoms with Crippen LogP contribution in [0, 0.1) is 29.6 Å². The van der Waals surface area contributed by atoms with Gasteiger partial charge in [0.25, 0.3) is 0 Å². The van der Waals surface area contributed by atoms with Gasteiger partial charge in [-0.15, -0.1) is 0 Å².